The fourth-order valence-corrected chi connectivity index (χ4v) is 2.78. The summed E-state index contributed by atoms with van der Waals surface area (Å²) in [5.41, 5.74) is 3.19. The van der Waals surface area contributed by atoms with Crippen LogP contribution in [0.25, 0.3) is 0 Å². The molecule has 0 aromatic heterocycles. The Bertz CT molecular complexity index is 617. The van der Waals surface area contributed by atoms with E-state index in [1.807, 2.05) is 39.0 Å². The van der Waals surface area contributed by atoms with Gasteiger partial charge in [-0.25, -0.2) is 4.79 Å². The van der Waals surface area contributed by atoms with E-state index in [0.717, 1.165) is 16.7 Å². The van der Waals surface area contributed by atoms with Crippen LogP contribution in [0, 0.1) is 20.8 Å². The van der Waals surface area contributed by atoms with Gasteiger partial charge < -0.3 is 13.9 Å². The van der Waals surface area contributed by atoms with E-state index in [9.17, 15) is 9.69 Å². The molecule has 0 heterocycles. The summed E-state index contributed by atoms with van der Waals surface area (Å²) in [7, 11) is -2.30. The lowest BCUT2D eigenvalue weighted by molar-refractivity contribution is 0.0716. The van der Waals surface area contributed by atoms with E-state index >= 15 is 0 Å². The maximum absolute atomic E-state index is 12.2. The Hall–Kier alpha value is -1.90. The number of carbonyl (C=O) groups is 1. The summed E-state index contributed by atoms with van der Waals surface area (Å²) in [6.45, 7) is 5.65. The number of rotatable bonds is 4. The van der Waals surface area contributed by atoms with E-state index in [-0.39, 0.29) is 0 Å². The maximum atomic E-state index is 12.2. The molecule has 0 saturated heterocycles. The summed E-state index contributed by atoms with van der Waals surface area (Å²) in [5, 5.41) is 0. The highest BCUT2D eigenvalue weighted by atomic mass is 31.2. The number of carbonyl (C=O) groups excluding carboxylic acids is 1. The molecular formula is C16H17O4P. The normalized spacial score (nSPS) is 11.8. The highest BCUT2D eigenvalue weighted by Gasteiger charge is 2.20. The Morgan fingerprint density at radius 1 is 1.05 bits per heavy atom. The van der Waals surface area contributed by atoms with Gasteiger partial charge in [0.25, 0.3) is 0 Å². The van der Waals surface area contributed by atoms with Gasteiger partial charge in [0.1, 0.15) is 5.75 Å². The van der Waals surface area contributed by atoms with Gasteiger partial charge in [0, 0.05) is 0 Å². The van der Waals surface area contributed by atoms with E-state index in [2.05, 4.69) is 0 Å². The molecule has 0 aliphatic rings. The zero-order valence-corrected chi connectivity index (χ0v) is 13.1. The van der Waals surface area contributed by atoms with Crippen molar-refractivity contribution >= 4 is 14.6 Å². The molecule has 21 heavy (non-hydrogen) atoms. The molecule has 0 spiro atoms. The summed E-state index contributed by atoms with van der Waals surface area (Å²) in [6, 6.07) is 12.5. The molecule has 1 unspecified atom stereocenters. The fraction of sp³-hybridized carbons (Fsp3) is 0.188. The third-order valence-electron chi connectivity index (χ3n) is 2.97. The zero-order chi connectivity index (χ0) is 15.4. The molecule has 1 atom stereocenters. The molecule has 2 aromatic carbocycles. The van der Waals surface area contributed by atoms with Gasteiger partial charge in [-0.2, -0.15) is 0 Å². The molecule has 2 aromatic rings. The highest BCUT2D eigenvalue weighted by Crippen LogP contribution is 2.36. The molecule has 0 radical (unpaired) electrons. The van der Waals surface area contributed by atoms with Crippen LogP contribution in [-0.4, -0.2) is 10.9 Å². The number of aryl methyl sites for hydroxylation is 3. The van der Waals surface area contributed by atoms with E-state index in [4.69, 9.17) is 9.05 Å². The fourth-order valence-electron chi connectivity index (χ4n) is 2.21. The van der Waals surface area contributed by atoms with Gasteiger partial charge >= 0.3 is 14.6 Å². The SMILES string of the molecule is Cc1cc(C)c(C(=O)OP(O)Oc2ccccc2)c(C)c1. The van der Waals surface area contributed by atoms with Crippen molar-refractivity contribution in [2.75, 3.05) is 0 Å². The standard InChI is InChI=1S/C16H17O4P/c1-11-9-12(2)15(13(3)10-11)16(17)20-21(18)19-14-7-5-4-6-8-14/h4-10,18H,1-3H3. The Morgan fingerprint density at radius 3 is 2.19 bits per heavy atom. The first-order valence-electron chi connectivity index (χ1n) is 6.49. The number of hydrogen-bond acceptors (Lipinski definition) is 4. The second kappa shape index (κ2) is 6.70. The smallest absolute Gasteiger partial charge is 0.418 e. The van der Waals surface area contributed by atoms with Crippen molar-refractivity contribution in [3.8, 4) is 5.75 Å². The molecule has 5 heteroatoms. The summed E-state index contributed by atoms with van der Waals surface area (Å²) in [6.07, 6.45) is 0. The van der Waals surface area contributed by atoms with Crippen molar-refractivity contribution < 1.29 is 18.7 Å². The van der Waals surface area contributed by atoms with Crippen LogP contribution in [0.1, 0.15) is 27.0 Å². The monoisotopic (exact) mass is 304 g/mol. The van der Waals surface area contributed by atoms with Crippen molar-refractivity contribution in [2.24, 2.45) is 0 Å². The van der Waals surface area contributed by atoms with Crippen molar-refractivity contribution in [3.05, 3.63) is 64.7 Å². The number of hydrogen-bond donors (Lipinski definition) is 1. The van der Waals surface area contributed by atoms with E-state index < -0.39 is 14.6 Å². The summed E-state index contributed by atoms with van der Waals surface area (Å²) < 4.78 is 10.2. The zero-order valence-electron chi connectivity index (χ0n) is 12.2. The average Bonchev–Trinajstić information content (AvgIpc) is 2.38. The minimum atomic E-state index is -2.30. The van der Waals surface area contributed by atoms with E-state index in [0.29, 0.717) is 11.3 Å². The van der Waals surface area contributed by atoms with Crippen LogP contribution in [-0.2, 0) is 4.52 Å². The first kappa shape index (κ1) is 15.5. The third-order valence-corrected chi connectivity index (χ3v) is 3.66. The lowest BCUT2D eigenvalue weighted by atomic mass is 10.0. The maximum Gasteiger partial charge on any atom is 0.462 e. The second-order valence-electron chi connectivity index (χ2n) is 4.79. The quantitative estimate of drug-likeness (QED) is 0.865. The van der Waals surface area contributed by atoms with E-state index in [1.165, 1.54) is 0 Å². The Balaban J connectivity index is 2.08. The molecule has 0 saturated carbocycles. The van der Waals surface area contributed by atoms with Crippen LogP contribution in [0.5, 0.6) is 5.75 Å². The van der Waals surface area contributed by atoms with Gasteiger partial charge in [-0.1, -0.05) is 35.9 Å². The van der Waals surface area contributed by atoms with Gasteiger partial charge in [-0.05, 0) is 44.0 Å². The predicted molar refractivity (Wildman–Crippen MR) is 82.3 cm³/mol. The molecule has 0 bridgehead atoms. The Labute approximate surface area is 125 Å². The van der Waals surface area contributed by atoms with Crippen LogP contribution in [0.4, 0.5) is 0 Å². The molecule has 0 aliphatic carbocycles. The summed E-state index contributed by atoms with van der Waals surface area (Å²) in [4.78, 5) is 21.9. The summed E-state index contributed by atoms with van der Waals surface area (Å²) >= 11 is 0. The largest absolute Gasteiger partial charge is 0.462 e. The van der Waals surface area contributed by atoms with Crippen LogP contribution in [0.2, 0.25) is 0 Å². The number of para-hydroxylation sites is 1. The highest BCUT2D eigenvalue weighted by molar-refractivity contribution is 7.41. The lowest BCUT2D eigenvalue weighted by Crippen LogP contribution is -2.08. The minimum Gasteiger partial charge on any atom is -0.418 e. The molecule has 0 fully saturated rings. The first-order valence-corrected chi connectivity index (χ1v) is 7.62. The van der Waals surface area contributed by atoms with Crippen LogP contribution >= 0.6 is 8.60 Å². The van der Waals surface area contributed by atoms with Crippen LogP contribution in [0.15, 0.2) is 42.5 Å². The molecule has 0 aliphatic heterocycles. The first-order chi connectivity index (χ1) is 9.97. The molecule has 1 N–H and O–H groups in total. The van der Waals surface area contributed by atoms with Gasteiger partial charge in [0.15, 0.2) is 0 Å². The van der Waals surface area contributed by atoms with Crippen molar-refractivity contribution in [1.82, 2.24) is 0 Å². The molecular weight excluding hydrogens is 287 g/mol. The van der Waals surface area contributed by atoms with Crippen molar-refractivity contribution in [3.63, 3.8) is 0 Å². The second-order valence-corrected chi connectivity index (χ2v) is 5.64. The minimum absolute atomic E-state index is 0.455. The molecule has 110 valence electrons. The Kier molecular flexibility index (Phi) is 4.94. The van der Waals surface area contributed by atoms with Gasteiger partial charge in [-0.15, -0.1) is 0 Å². The average molecular weight is 304 g/mol. The van der Waals surface area contributed by atoms with Crippen LogP contribution < -0.4 is 4.52 Å². The summed E-state index contributed by atoms with van der Waals surface area (Å²) in [5.74, 6) is -0.120. The topological polar surface area (TPSA) is 55.8 Å². The molecule has 4 nitrogen and oxygen atoms in total. The third kappa shape index (κ3) is 4.03. The van der Waals surface area contributed by atoms with Gasteiger partial charge in [0.05, 0.1) is 5.56 Å². The van der Waals surface area contributed by atoms with Crippen molar-refractivity contribution in [2.45, 2.75) is 20.8 Å². The van der Waals surface area contributed by atoms with Crippen molar-refractivity contribution in [1.29, 1.82) is 0 Å². The van der Waals surface area contributed by atoms with Gasteiger partial charge in [0.2, 0.25) is 0 Å². The molecule has 2 rings (SSSR count). The molecule has 0 amide bonds. The van der Waals surface area contributed by atoms with Gasteiger partial charge in [-0.3, -0.25) is 0 Å². The van der Waals surface area contributed by atoms with E-state index in [1.54, 1.807) is 24.3 Å². The number of benzene rings is 2. The lowest BCUT2D eigenvalue weighted by Gasteiger charge is -2.14. The van der Waals surface area contributed by atoms with Crippen LogP contribution in [0.3, 0.4) is 0 Å². The predicted octanol–water partition coefficient (Wildman–Crippen LogP) is 4.07. The Morgan fingerprint density at radius 2 is 1.62 bits per heavy atom.